The number of hydrogen-bond donors (Lipinski definition) is 1. The molecule has 0 bridgehead atoms. The molecule has 1 amide bonds. The number of nitrogens with one attached hydrogen (secondary N) is 1. The summed E-state index contributed by atoms with van der Waals surface area (Å²) in [5, 5.41) is 8.97. The van der Waals surface area contributed by atoms with E-state index in [2.05, 4.69) is 5.48 Å². The molecule has 12 heteroatoms. The molecule has 1 N–H and O–H groups in total. The van der Waals surface area contributed by atoms with E-state index in [1.807, 2.05) is 19.9 Å². The summed E-state index contributed by atoms with van der Waals surface area (Å²) >= 11 is 0. The van der Waals surface area contributed by atoms with Gasteiger partial charge in [0, 0.05) is 24.8 Å². The number of carbonyl (C=O) groups excluding carboxylic acids is 1. The summed E-state index contributed by atoms with van der Waals surface area (Å²) in [5.74, 6) is -0.515. The van der Waals surface area contributed by atoms with Crippen LogP contribution in [0.5, 0.6) is 5.75 Å². The molecule has 1 saturated heterocycles. The molecular formula is C26H34FN5O6. The van der Waals surface area contributed by atoms with Gasteiger partial charge in [0.25, 0.3) is 5.56 Å². The van der Waals surface area contributed by atoms with Crippen LogP contribution in [0.15, 0.2) is 34.0 Å². The van der Waals surface area contributed by atoms with Crippen molar-refractivity contribution in [3.63, 3.8) is 0 Å². The van der Waals surface area contributed by atoms with Gasteiger partial charge in [-0.05, 0) is 45.4 Å². The second-order valence-electron chi connectivity index (χ2n) is 9.26. The Hall–Kier alpha value is -3.53. The molecule has 2 heterocycles. The second-order valence-corrected chi connectivity index (χ2v) is 9.26. The van der Waals surface area contributed by atoms with Crippen molar-refractivity contribution in [2.75, 3.05) is 26.8 Å². The topological polar surface area (TPSA) is 128 Å². The molecule has 0 aliphatic carbocycles. The fraction of sp³-hybridized carbons (Fsp3) is 0.538. The van der Waals surface area contributed by atoms with Crippen molar-refractivity contribution in [2.24, 2.45) is 0 Å². The van der Waals surface area contributed by atoms with E-state index < -0.39 is 29.2 Å². The van der Waals surface area contributed by atoms with Crippen LogP contribution >= 0.6 is 0 Å². The van der Waals surface area contributed by atoms with Crippen molar-refractivity contribution in [1.29, 1.82) is 5.26 Å². The lowest BCUT2D eigenvalue weighted by Gasteiger charge is -2.33. The van der Waals surface area contributed by atoms with Gasteiger partial charge in [-0.15, -0.1) is 0 Å². The minimum Gasteiger partial charge on any atom is -0.496 e. The van der Waals surface area contributed by atoms with E-state index in [9.17, 15) is 18.8 Å². The normalized spacial score (nSPS) is 14.6. The van der Waals surface area contributed by atoms with Crippen LogP contribution in [-0.2, 0) is 27.5 Å². The standard InChI is InChI=1S/C26H34FN5O6/c1-17(2)38-29-14-19-15-31(26(35)32(25(19)34)18(3)24(33)30-10-6-11-30)16-23(37-12-5-9-28)21-13-20(27)7-8-22(21)36-4/h7-8,13,15,17-18,23,29H,5-6,10-12,14,16H2,1-4H3. The summed E-state index contributed by atoms with van der Waals surface area (Å²) in [6.07, 6.45) is 1.27. The first-order chi connectivity index (χ1) is 18.2. The third-order valence-electron chi connectivity index (χ3n) is 6.19. The maximum atomic E-state index is 14.2. The number of methoxy groups -OCH3 is 1. The Balaban J connectivity index is 2.08. The molecule has 0 radical (unpaired) electrons. The lowest BCUT2D eigenvalue weighted by Crippen LogP contribution is -2.51. The number of nitrogens with zero attached hydrogens (tertiary/aromatic N) is 4. The molecule has 1 aromatic carbocycles. The molecule has 1 aromatic heterocycles. The summed E-state index contributed by atoms with van der Waals surface area (Å²) in [6, 6.07) is 4.88. The van der Waals surface area contributed by atoms with E-state index in [4.69, 9.17) is 19.6 Å². The van der Waals surface area contributed by atoms with Gasteiger partial charge in [0.2, 0.25) is 5.91 Å². The number of ether oxygens (including phenoxy) is 2. The monoisotopic (exact) mass is 531 g/mol. The van der Waals surface area contributed by atoms with E-state index in [0.29, 0.717) is 24.4 Å². The fourth-order valence-electron chi connectivity index (χ4n) is 4.09. The molecule has 11 nitrogen and oxygen atoms in total. The van der Waals surface area contributed by atoms with E-state index in [0.717, 1.165) is 11.0 Å². The number of aromatic nitrogens is 2. The Morgan fingerprint density at radius 1 is 1.24 bits per heavy atom. The van der Waals surface area contributed by atoms with Crippen LogP contribution in [0.3, 0.4) is 0 Å². The Kier molecular flexibility index (Phi) is 10.2. The van der Waals surface area contributed by atoms with Crippen molar-refractivity contribution in [2.45, 2.75) is 65.0 Å². The molecule has 206 valence electrons. The predicted molar refractivity (Wildman–Crippen MR) is 136 cm³/mol. The first-order valence-corrected chi connectivity index (χ1v) is 12.5. The number of amides is 1. The Bertz CT molecular complexity index is 1280. The number of halogens is 1. The number of carbonyl (C=O) groups is 1. The molecule has 38 heavy (non-hydrogen) atoms. The van der Waals surface area contributed by atoms with Crippen LogP contribution in [0.25, 0.3) is 0 Å². The maximum Gasteiger partial charge on any atom is 0.331 e. The molecule has 2 unspecified atom stereocenters. The number of likely N-dealkylation sites (tertiary alicyclic amines) is 1. The first-order valence-electron chi connectivity index (χ1n) is 12.5. The van der Waals surface area contributed by atoms with Gasteiger partial charge in [-0.3, -0.25) is 19.0 Å². The van der Waals surface area contributed by atoms with Gasteiger partial charge in [-0.1, -0.05) is 0 Å². The van der Waals surface area contributed by atoms with Gasteiger partial charge in [-0.25, -0.2) is 13.8 Å². The Labute approximate surface area is 220 Å². The smallest absolute Gasteiger partial charge is 0.331 e. The molecule has 1 fully saturated rings. The van der Waals surface area contributed by atoms with Crippen molar-refractivity contribution in [1.82, 2.24) is 19.5 Å². The highest BCUT2D eigenvalue weighted by molar-refractivity contribution is 5.80. The minimum atomic E-state index is -1.03. The average Bonchev–Trinajstić information content (AvgIpc) is 2.84. The number of rotatable bonds is 13. The Morgan fingerprint density at radius 3 is 2.58 bits per heavy atom. The molecule has 3 rings (SSSR count). The van der Waals surface area contributed by atoms with Gasteiger partial charge in [-0.2, -0.15) is 10.7 Å². The maximum absolute atomic E-state index is 14.2. The van der Waals surface area contributed by atoms with Crippen molar-refractivity contribution in [3.05, 3.63) is 62.2 Å². The highest BCUT2D eigenvalue weighted by Gasteiger charge is 2.30. The molecular weight excluding hydrogens is 497 g/mol. The summed E-state index contributed by atoms with van der Waals surface area (Å²) in [5.41, 5.74) is 1.92. The van der Waals surface area contributed by atoms with Crippen LogP contribution in [0.2, 0.25) is 0 Å². The molecule has 2 atom stereocenters. The zero-order valence-corrected chi connectivity index (χ0v) is 22.1. The van der Waals surface area contributed by atoms with Crippen LogP contribution in [0.1, 0.15) is 56.9 Å². The largest absolute Gasteiger partial charge is 0.496 e. The van der Waals surface area contributed by atoms with Crippen LogP contribution in [-0.4, -0.2) is 52.9 Å². The van der Waals surface area contributed by atoms with E-state index in [-0.39, 0.29) is 43.7 Å². The summed E-state index contributed by atoms with van der Waals surface area (Å²) in [7, 11) is 1.43. The number of benzene rings is 1. The van der Waals surface area contributed by atoms with Crippen LogP contribution < -0.4 is 21.5 Å². The zero-order chi connectivity index (χ0) is 27.8. The average molecular weight is 532 g/mol. The summed E-state index contributed by atoms with van der Waals surface area (Å²) in [4.78, 5) is 46.9. The quantitative estimate of drug-likeness (QED) is 0.307. The van der Waals surface area contributed by atoms with Crippen LogP contribution in [0, 0.1) is 17.1 Å². The molecule has 0 saturated carbocycles. The van der Waals surface area contributed by atoms with E-state index in [1.165, 1.54) is 43.0 Å². The molecule has 0 spiro atoms. The Morgan fingerprint density at radius 2 is 1.97 bits per heavy atom. The van der Waals surface area contributed by atoms with Gasteiger partial charge >= 0.3 is 5.69 Å². The fourth-order valence-corrected chi connectivity index (χ4v) is 4.09. The molecule has 1 aliphatic heterocycles. The van der Waals surface area contributed by atoms with Crippen molar-refractivity contribution < 1.29 is 23.5 Å². The van der Waals surface area contributed by atoms with E-state index in [1.54, 1.807) is 4.90 Å². The number of nitriles is 1. The summed E-state index contributed by atoms with van der Waals surface area (Å²) in [6.45, 7) is 6.17. The number of hydrogen-bond acceptors (Lipinski definition) is 8. The lowest BCUT2D eigenvalue weighted by atomic mass is 10.1. The second kappa shape index (κ2) is 13.3. The van der Waals surface area contributed by atoms with Crippen molar-refractivity contribution >= 4 is 5.91 Å². The SMILES string of the molecule is COc1ccc(F)cc1C(Cn1cc(CNOC(C)C)c(=O)n(C(C)C(=O)N2CCC2)c1=O)OCCC#N. The van der Waals surface area contributed by atoms with Gasteiger partial charge in [0.05, 0.1) is 51.0 Å². The highest BCUT2D eigenvalue weighted by atomic mass is 19.1. The third-order valence-corrected chi connectivity index (χ3v) is 6.19. The first kappa shape index (κ1) is 29.0. The summed E-state index contributed by atoms with van der Waals surface area (Å²) < 4.78 is 27.7. The highest BCUT2D eigenvalue weighted by Crippen LogP contribution is 2.30. The zero-order valence-electron chi connectivity index (χ0n) is 22.1. The van der Waals surface area contributed by atoms with E-state index >= 15 is 0 Å². The van der Waals surface area contributed by atoms with Gasteiger partial charge in [0.15, 0.2) is 0 Å². The lowest BCUT2D eigenvalue weighted by molar-refractivity contribution is -0.138. The van der Waals surface area contributed by atoms with Crippen molar-refractivity contribution in [3.8, 4) is 11.8 Å². The number of hydroxylamine groups is 1. The minimum absolute atomic E-state index is 0.0227. The molecule has 1 aliphatic rings. The van der Waals surface area contributed by atoms with Crippen LogP contribution in [0.4, 0.5) is 4.39 Å². The third kappa shape index (κ3) is 6.86. The van der Waals surface area contributed by atoms with Gasteiger partial charge < -0.3 is 14.4 Å². The predicted octanol–water partition coefficient (Wildman–Crippen LogP) is 2.05. The molecule has 2 aromatic rings. The van der Waals surface area contributed by atoms with Gasteiger partial charge in [0.1, 0.15) is 23.7 Å².